The molecule has 0 bridgehead atoms. The van der Waals surface area contributed by atoms with E-state index in [0.717, 1.165) is 44.9 Å². The van der Waals surface area contributed by atoms with Crippen molar-refractivity contribution < 1.29 is 20.1 Å². The largest absolute Gasteiger partial charge is 0.394 e. The molecule has 0 heterocycles. The highest BCUT2D eigenvalue weighted by atomic mass is 16.3. The van der Waals surface area contributed by atoms with E-state index in [2.05, 4.69) is 55.6 Å². The topological polar surface area (TPSA) is 89.8 Å². The van der Waals surface area contributed by atoms with Crippen molar-refractivity contribution in [3.8, 4) is 0 Å². The van der Waals surface area contributed by atoms with Gasteiger partial charge in [-0.25, -0.2) is 0 Å². The fourth-order valence-corrected chi connectivity index (χ4v) is 8.00. The molecule has 0 aliphatic heterocycles. The second-order valence-electron chi connectivity index (χ2n) is 18.1. The monoisotopic (exact) mass is 842 g/mol. The minimum Gasteiger partial charge on any atom is -0.394 e. The summed E-state index contributed by atoms with van der Waals surface area (Å²) in [6.07, 6.45) is 66.4. The third-order valence-corrected chi connectivity index (χ3v) is 12.1. The molecule has 5 heteroatoms. The number of unbranched alkanes of at least 4 members (excludes halogenated alkanes) is 34. The van der Waals surface area contributed by atoms with Gasteiger partial charge in [-0.2, -0.15) is 0 Å². The first-order valence-corrected chi connectivity index (χ1v) is 26.5. The average molecular weight is 842 g/mol. The number of aliphatic hydroxyl groups is 3. The van der Waals surface area contributed by atoms with Gasteiger partial charge in [-0.05, 0) is 64.2 Å². The van der Waals surface area contributed by atoms with Crippen LogP contribution in [-0.4, -0.2) is 46.1 Å². The van der Waals surface area contributed by atoms with Crippen molar-refractivity contribution in [3.63, 3.8) is 0 Å². The normalized spacial score (nSPS) is 13.8. The van der Waals surface area contributed by atoms with E-state index < -0.39 is 24.2 Å². The lowest BCUT2D eigenvalue weighted by Crippen LogP contribution is -2.48. The average Bonchev–Trinajstić information content (AvgIpc) is 3.25. The first kappa shape index (κ1) is 58.3. The van der Waals surface area contributed by atoms with Gasteiger partial charge >= 0.3 is 0 Å². The summed E-state index contributed by atoms with van der Waals surface area (Å²) in [5, 5.41) is 33.0. The number of rotatable bonds is 48. The Morgan fingerprint density at radius 3 is 1.13 bits per heavy atom. The second-order valence-corrected chi connectivity index (χ2v) is 18.1. The van der Waals surface area contributed by atoms with Gasteiger partial charge in [0, 0.05) is 0 Å². The minimum absolute atomic E-state index is 0.377. The SMILES string of the molecule is CCCCCC/C=C/CC/C=C/C(O)C(CO)NC(=O)C(O)CCCCCCCCCCCCCCCCCC/C=C\C/C=C\CCCCCCCCCCCCCCC. The number of amides is 1. The Morgan fingerprint density at radius 2 is 0.733 bits per heavy atom. The van der Waals surface area contributed by atoms with Crippen LogP contribution >= 0.6 is 0 Å². The number of hydrogen-bond donors (Lipinski definition) is 4. The number of carbonyl (C=O) groups is 1. The van der Waals surface area contributed by atoms with E-state index in [1.807, 2.05) is 6.08 Å². The lowest BCUT2D eigenvalue weighted by molar-refractivity contribution is -0.131. The van der Waals surface area contributed by atoms with Gasteiger partial charge in [0.05, 0.1) is 18.8 Å². The molecule has 3 unspecified atom stereocenters. The Hall–Kier alpha value is -1.69. The van der Waals surface area contributed by atoms with E-state index in [9.17, 15) is 20.1 Å². The quantitative estimate of drug-likeness (QED) is 0.0363. The van der Waals surface area contributed by atoms with E-state index in [1.54, 1.807) is 6.08 Å². The van der Waals surface area contributed by atoms with Crippen molar-refractivity contribution in [2.45, 2.75) is 289 Å². The number of allylic oxidation sites excluding steroid dienone is 7. The first-order valence-electron chi connectivity index (χ1n) is 26.5. The molecule has 60 heavy (non-hydrogen) atoms. The summed E-state index contributed by atoms with van der Waals surface area (Å²) in [5.41, 5.74) is 0. The Morgan fingerprint density at radius 1 is 0.417 bits per heavy atom. The number of aliphatic hydroxyl groups excluding tert-OH is 3. The van der Waals surface area contributed by atoms with Gasteiger partial charge < -0.3 is 20.6 Å². The second kappa shape index (κ2) is 50.0. The Labute approximate surface area is 374 Å². The van der Waals surface area contributed by atoms with Crippen LogP contribution in [0.4, 0.5) is 0 Å². The maximum atomic E-state index is 12.5. The molecule has 0 fully saturated rings. The summed E-state index contributed by atoms with van der Waals surface area (Å²) in [5.74, 6) is -0.514. The molecule has 0 aliphatic rings. The Kier molecular flexibility index (Phi) is 48.6. The highest BCUT2D eigenvalue weighted by molar-refractivity contribution is 5.80. The summed E-state index contributed by atoms with van der Waals surface area (Å²) in [6, 6.07) is -0.813. The van der Waals surface area contributed by atoms with Crippen molar-refractivity contribution in [1.82, 2.24) is 5.32 Å². The number of carbonyl (C=O) groups excluding carboxylic acids is 1. The van der Waals surface area contributed by atoms with Gasteiger partial charge in [-0.15, -0.1) is 0 Å². The van der Waals surface area contributed by atoms with E-state index >= 15 is 0 Å². The van der Waals surface area contributed by atoms with E-state index in [4.69, 9.17) is 0 Å². The van der Waals surface area contributed by atoms with Crippen molar-refractivity contribution in [2.24, 2.45) is 0 Å². The molecular formula is C55H103NO4. The third-order valence-electron chi connectivity index (χ3n) is 12.1. The molecule has 0 aliphatic carbocycles. The third kappa shape index (κ3) is 44.4. The molecule has 0 aromatic rings. The van der Waals surface area contributed by atoms with Crippen LogP contribution in [0, 0.1) is 0 Å². The predicted molar refractivity (Wildman–Crippen MR) is 264 cm³/mol. The molecule has 5 nitrogen and oxygen atoms in total. The van der Waals surface area contributed by atoms with E-state index in [0.29, 0.717) is 6.42 Å². The van der Waals surface area contributed by atoms with Crippen LogP contribution in [0.2, 0.25) is 0 Å². The van der Waals surface area contributed by atoms with Crippen LogP contribution in [0.25, 0.3) is 0 Å². The standard InChI is InChI=1S/C55H103NO4/c1-3-5-7-9-11-13-15-16-17-18-19-20-21-22-23-24-25-26-27-28-29-30-31-32-33-34-35-36-37-38-39-40-42-44-46-48-50-54(59)55(60)56-52(51-57)53(58)49-47-45-43-41-14-12-10-8-6-4-2/h14,23-24,26-27,41,47,49,52-54,57-59H,3-13,15-22,25,28-40,42-46,48,50-51H2,1-2H3,(H,56,60)/b24-23-,27-26-,41-14+,49-47+. The van der Waals surface area contributed by atoms with Crippen molar-refractivity contribution >= 4 is 5.91 Å². The van der Waals surface area contributed by atoms with Gasteiger partial charge in [0.15, 0.2) is 0 Å². The van der Waals surface area contributed by atoms with Gasteiger partial charge in [0.25, 0.3) is 0 Å². The zero-order valence-corrected chi connectivity index (χ0v) is 40.1. The fourth-order valence-electron chi connectivity index (χ4n) is 8.00. The minimum atomic E-state index is -1.11. The molecule has 4 N–H and O–H groups in total. The molecule has 0 spiro atoms. The van der Waals surface area contributed by atoms with Gasteiger partial charge in [-0.1, -0.05) is 255 Å². The van der Waals surface area contributed by atoms with Crippen LogP contribution in [-0.2, 0) is 4.79 Å². The summed E-state index contributed by atoms with van der Waals surface area (Å²) < 4.78 is 0. The van der Waals surface area contributed by atoms with Crippen molar-refractivity contribution in [2.75, 3.05) is 6.61 Å². The van der Waals surface area contributed by atoms with Crippen LogP contribution in [0.15, 0.2) is 48.6 Å². The first-order chi connectivity index (χ1) is 29.6. The zero-order valence-electron chi connectivity index (χ0n) is 40.1. The van der Waals surface area contributed by atoms with Crippen molar-refractivity contribution in [3.05, 3.63) is 48.6 Å². The summed E-state index contributed by atoms with van der Waals surface area (Å²) in [7, 11) is 0. The molecule has 352 valence electrons. The smallest absolute Gasteiger partial charge is 0.249 e. The maximum absolute atomic E-state index is 12.5. The summed E-state index contributed by atoms with van der Waals surface area (Å²) in [6.45, 7) is 4.14. The lowest BCUT2D eigenvalue weighted by Gasteiger charge is -2.21. The molecule has 0 aromatic heterocycles. The molecule has 0 aromatic carbocycles. The highest BCUT2D eigenvalue weighted by Gasteiger charge is 2.22. The fraction of sp³-hybridized carbons (Fsp3) is 0.836. The molecule has 1 amide bonds. The molecule has 0 radical (unpaired) electrons. The van der Waals surface area contributed by atoms with E-state index in [1.165, 1.54) is 205 Å². The predicted octanol–water partition coefficient (Wildman–Crippen LogP) is 16.1. The summed E-state index contributed by atoms with van der Waals surface area (Å²) in [4.78, 5) is 12.5. The molecule has 0 saturated heterocycles. The highest BCUT2D eigenvalue weighted by Crippen LogP contribution is 2.16. The van der Waals surface area contributed by atoms with Gasteiger partial charge in [0.1, 0.15) is 6.10 Å². The zero-order chi connectivity index (χ0) is 43.7. The van der Waals surface area contributed by atoms with E-state index in [-0.39, 0.29) is 6.61 Å². The van der Waals surface area contributed by atoms with Crippen LogP contribution in [0.3, 0.4) is 0 Å². The van der Waals surface area contributed by atoms with Gasteiger partial charge in [0.2, 0.25) is 5.91 Å². The van der Waals surface area contributed by atoms with Gasteiger partial charge in [-0.3, -0.25) is 4.79 Å². The molecule has 0 saturated carbocycles. The molecule has 3 atom stereocenters. The number of hydrogen-bond acceptors (Lipinski definition) is 4. The Balaban J connectivity index is 3.49. The lowest BCUT2D eigenvalue weighted by atomic mass is 10.0. The summed E-state index contributed by atoms with van der Waals surface area (Å²) >= 11 is 0. The molecule has 0 rings (SSSR count). The van der Waals surface area contributed by atoms with Crippen LogP contribution in [0.5, 0.6) is 0 Å². The van der Waals surface area contributed by atoms with Crippen LogP contribution in [0.1, 0.15) is 271 Å². The maximum Gasteiger partial charge on any atom is 0.249 e. The Bertz CT molecular complexity index is 974. The number of nitrogens with one attached hydrogen (secondary N) is 1. The van der Waals surface area contributed by atoms with Crippen LogP contribution < -0.4 is 5.32 Å². The molecular weight excluding hydrogens is 739 g/mol. The van der Waals surface area contributed by atoms with Crippen molar-refractivity contribution in [1.29, 1.82) is 0 Å².